The van der Waals surface area contributed by atoms with Crippen molar-refractivity contribution in [2.45, 2.75) is 6.54 Å². The number of ether oxygens (including phenoxy) is 1. The highest BCUT2D eigenvalue weighted by Gasteiger charge is 2.08. The number of carboxylic acids is 1. The zero-order valence-electron chi connectivity index (χ0n) is 11.4. The molecule has 21 heavy (non-hydrogen) atoms. The first-order valence-corrected chi connectivity index (χ1v) is 8.13. The zero-order valence-corrected chi connectivity index (χ0v) is 12.3. The summed E-state index contributed by atoms with van der Waals surface area (Å²) in [6.07, 6.45) is 2.92. The van der Waals surface area contributed by atoms with E-state index in [1.165, 1.54) is 0 Å². The number of fused-ring (bicyclic) bond motifs is 1. The molecular formula is C13H16N2O5S. The second-order valence-corrected chi connectivity index (χ2v) is 6.38. The molecule has 0 saturated carbocycles. The van der Waals surface area contributed by atoms with Crippen LogP contribution in [0.3, 0.4) is 0 Å². The van der Waals surface area contributed by atoms with Gasteiger partial charge in [-0.15, -0.1) is 0 Å². The van der Waals surface area contributed by atoms with Gasteiger partial charge in [0.25, 0.3) is 0 Å². The summed E-state index contributed by atoms with van der Waals surface area (Å²) in [5, 5.41) is 9.44. The molecule has 0 spiro atoms. The van der Waals surface area contributed by atoms with E-state index in [2.05, 4.69) is 4.72 Å². The number of aromatic nitrogens is 1. The lowest BCUT2D eigenvalue weighted by atomic mass is 10.2. The second kappa shape index (κ2) is 6.15. The second-order valence-electron chi connectivity index (χ2n) is 4.55. The van der Waals surface area contributed by atoms with Crippen molar-refractivity contribution in [3.8, 4) is 5.75 Å². The Hall–Kier alpha value is -2.06. The van der Waals surface area contributed by atoms with E-state index in [-0.39, 0.29) is 6.54 Å². The van der Waals surface area contributed by atoms with E-state index >= 15 is 0 Å². The number of carboxylic acid groups (broad SMARTS) is 1. The molecule has 8 heteroatoms. The van der Waals surface area contributed by atoms with Gasteiger partial charge in [-0.3, -0.25) is 0 Å². The highest BCUT2D eigenvalue weighted by atomic mass is 32.2. The molecule has 7 nitrogen and oxygen atoms in total. The van der Waals surface area contributed by atoms with Crippen molar-refractivity contribution in [3.05, 3.63) is 30.5 Å². The van der Waals surface area contributed by atoms with E-state index in [1.807, 2.05) is 22.9 Å². The molecule has 0 radical (unpaired) electrons. The van der Waals surface area contributed by atoms with Crippen LogP contribution >= 0.6 is 0 Å². The molecule has 0 fully saturated rings. The van der Waals surface area contributed by atoms with Crippen molar-refractivity contribution in [2.75, 3.05) is 19.4 Å². The number of benzene rings is 1. The Morgan fingerprint density at radius 3 is 2.81 bits per heavy atom. The van der Waals surface area contributed by atoms with Crippen LogP contribution in [0.2, 0.25) is 0 Å². The van der Waals surface area contributed by atoms with Gasteiger partial charge in [-0.1, -0.05) is 6.07 Å². The topological polar surface area (TPSA) is 97.6 Å². The fraction of sp³-hybridized carbons (Fsp3) is 0.308. The van der Waals surface area contributed by atoms with Gasteiger partial charge in [0.2, 0.25) is 10.0 Å². The van der Waals surface area contributed by atoms with Gasteiger partial charge in [0, 0.05) is 24.7 Å². The molecule has 0 aliphatic heterocycles. The highest BCUT2D eigenvalue weighted by Crippen LogP contribution is 2.26. The number of rotatable bonds is 7. The highest BCUT2D eigenvalue weighted by molar-refractivity contribution is 7.88. The number of sulfonamides is 1. The van der Waals surface area contributed by atoms with Crippen molar-refractivity contribution in [1.29, 1.82) is 0 Å². The summed E-state index contributed by atoms with van der Waals surface area (Å²) in [5.41, 5.74) is 0.855. The molecule has 0 atom stereocenters. The molecule has 1 aromatic heterocycles. The Morgan fingerprint density at radius 1 is 1.38 bits per heavy atom. The summed E-state index contributed by atoms with van der Waals surface area (Å²) in [7, 11) is -3.21. The smallest absolute Gasteiger partial charge is 0.341 e. The number of nitrogens with zero attached hydrogens (tertiary/aromatic N) is 1. The van der Waals surface area contributed by atoms with Crippen molar-refractivity contribution < 1.29 is 23.1 Å². The molecule has 2 N–H and O–H groups in total. The number of aliphatic carboxylic acids is 1. The van der Waals surface area contributed by atoms with Crippen LogP contribution in [0.15, 0.2) is 30.5 Å². The number of nitrogens with one attached hydrogen (secondary N) is 1. The van der Waals surface area contributed by atoms with Crippen LogP contribution in [0.5, 0.6) is 5.75 Å². The molecule has 114 valence electrons. The van der Waals surface area contributed by atoms with Gasteiger partial charge < -0.3 is 14.4 Å². The fourth-order valence-electron chi connectivity index (χ4n) is 2.01. The van der Waals surface area contributed by atoms with Gasteiger partial charge in [-0.05, 0) is 18.2 Å². The minimum absolute atomic E-state index is 0.281. The minimum Gasteiger partial charge on any atom is -0.481 e. The lowest BCUT2D eigenvalue weighted by molar-refractivity contribution is -0.139. The molecule has 0 unspecified atom stereocenters. The normalized spacial score (nSPS) is 11.7. The van der Waals surface area contributed by atoms with Gasteiger partial charge in [0.1, 0.15) is 5.75 Å². The third-order valence-electron chi connectivity index (χ3n) is 2.84. The first-order valence-electron chi connectivity index (χ1n) is 6.24. The maximum atomic E-state index is 11.0. The predicted octanol–water partition coefficient (Wildman–Crippen LogP) is 0.654. The molecule has 2 aromatic rings. The van der Waals surface area contributed by atoms with E-state index in [1.54, 1.807) is 12.1 Å². The summed E-state index contributed by atoms with van der Waals surface area (Å²) in [4.78, 5) is 10.6. The molecule has 2 rings (SSSR count). The minimum atomic E-state index is -3.21. The van der Waals surface area contributed by atoms with Crippen LogP contribution in [0, 0.1) is 0 Å². The summed E-state index contributed by atoms with van der Waals surface area (Å²) in [6, 6.07) is 7.14. The Kier molecular flexibility index (Phi) is 4.49. The molecule has 1 heterocycles. The van der Waals surface area contributed by atoms with Crippen LogP contribution in [0.1, 0.15) is 0 Å². The first-order chi connectivity index (χ1) is 9.87. The van der Waals surface area contributed by atoms with Crippen LogP contribution in [0.4, 0.5) is 0 Å². The van der Waals surface area contributed by atoms with Crippen LogP contribution in [-0.2, 0) is 21.4 Å². The van der Waals surface area contributed by atoms with E-state index in [0.29, 0.717) is 12.3 Å². The molecule has 0 bridgehead atoms. The predicted molar refractivity (Wildman–Crippen MR) is 77.9 cm³/mol. The van der Waals surface area contributed by atoms with Crippen LogP contribution in [-0.4, -0.2) is 43.5 Å². The van der Waals surface area contributed by atoms with E-state index < -0.39 is 22.6 Å². The number of hydrogen-bond donors (Lipinski definition) is 2. The molecule has 0 aliphatic rings. The lowest BCUT2D eigenvalue weighted by Gasteiger charge is -2.08. The van der Waals surface area contributed by atoms with Crippen molar-refractivity contribution in [3.63, 3.8) is 0 Å². The molecule has 0 saturated heterocycles. The fourth-order valence-corrected chi connectivity index (χ4v) is 2.47. The lowest BCUT2D eigenvalue weighted by Crippen LogP contribution is -2.25. The quantitative estimate of drug-likeness (QED) is 0.782. The molecule has 0 amide bonds. The largest absolute Gasteiger partial charge is 0.481 e. The van der Waals surface area contributed by atoms with Gasteiger partial charge in [0.15, 0.2) is 6.61 Å². The Balaban J connectivity index is 2.16. The Morgan fingerprint density at radius 2 is 2.14 bits per heavy atom. The van der Waals surface area contributed by atoms with Gasteiger partial charge in [-0.2, -0.15) is 0 Å². The Labute approximate surface area is 122 Å². The van der Waals surface area contributed by atoms with E-state index in [9.17, 15) is 13.2 Å². The van der Waals surface area contributed by atoms with Crippen molar-refractivity contribution >= 4 is 26.9 Å². The standard InChI is InChI=1S/C13H16N2O5S/c1-21(18,19)14-6-8-15-7-5-10-11(15)3-2-4-12(10)20-9-13(16)17/h2-5,7,14H,6,8-9H2,1H3,(H,16,17). The molecular weight excluding hydrogens is 296 g/mol. The average molecular weight is 312 g/mol. The number of hydrogen-bond acceptors (Lipinski definition) is 4. The third-order valence-corrected chi connectivity index (χ3v) is 3.57. The summed E-state index contributed by atoms with van der Waals surface area (Å²) in [5.74, 6) is -0.548. The van der Waals surface area contributed by atoms with Gasteiger partial charge >= 0.3 is 5.97 Å². The van der Waals surface area contributed by atoms with Gasteiger partial charge in [-0.25, -0.2) is 17.9 Å². The summed E-state index contributed by atoms with van der Waals surface area (Å²) in [6.45, 7) is 0.349. The van der Waals surface area contributed by atoms with Gasteiger partial charge in [0.05, 0.1) is 11.8 Å². The van der Waals surface area contributed by atoms with E-state index in [0.717, 1.165) is 17.2 Å². The zero-order chi connectivity index (χ0) is 15.5. The third kappa shape index (κ3) is 4.20. The maximum Gasteiger partial charge on any atom is 0.341 e. The average Bonchev–Trinajstić information content (AvgIpc) is 2.79. The van der Waals surface area contributed by atoms with E-state index in [4.69, 9.17) is 9.84 Å². The Bertz CT molecular complexity index is 751. The number of carbonyl (C=O) groups is 1. The van der Waals surface area contributed by atoms with Crippen LogP contribution in [0.25, 0.3) is 10.9 Å². The SMILES string of the molecule is CS(=O)(=O)NCCn1ccc2c(OCC(=O)O)cccc21. The van der Waals surface area contributed by atoms with Crippen LogP contribution < -0.4 is 9.46 Å². The molecule has 0 aliphatic carbocycles. The van der Waals surface area contributed by atoms with Crippen molar-refractivity contribution in [1.82, 2.24) is 9.29 Å². The summed E-state index contributed by atoms with van der Waals surface area (Å²) >= 11 is 0. The maximum absolute atomic E-state index is 11.0. The first kappa shape index (κ1) is 15.3. The van der Waals surface area contributed by atoms with Crippen molar-refractivity contribution in [2.24, 2.45) is 0 Å². The molecule has 1 aromatic carbocycles. The summed E-state index contributed by atoms with van der Waals surface area (Å²) < 4.78 is 31.6. The monoisotopic (exact) mass is 312 g/mol.